The van der Waals surface area contributed by atoms with E-state index in [4.69, 9.17) is 0 Å². The SMILES string of the molecule is CC1CCC(C(=O)N(c2csc(C3=CCC(C)(C)CC3)c2)C2CCC(O)CC2)CC1. The van der Waals surface area contributed by atoms with Crippen molar-refractivity contribution in [3.8, 4) is 0 Å². The number of carbonyl (C=O) groups is 1. The van der Waals surface area contributed by atoms with Crippen LogP contribution in [0.5, 0.6) is 0 Å². The number of anilines is 1. The van der Waals surface area contributed by atoms with E-state index in [0.717, 1.165) is 63.0 Å². The van der Waals surface area contributed by atoms with Crippen molar-refractivity contribution in [1.29, 1.82) is 0 Å². The predicted octanol–water partition coefficient (Wildman–Crippen LogP) is 6.80. The number of hydrogen-bond acceptors (Lipinski definition) is 3. The maximum absolute atomic E-state index is 13.7. The Labute approximate surface area is 186 Å². The number of hydrogen-bond donors (Lipinski definition) is 1. The first-order valence-electron chi connectivity index (χ1n) is 12.1. The molecule has 4 rings (SSSR count). The van der Waals surface area contributed by atoms with Gasteiger partial charge in [-0.1, -0.05) is 26.8 Å². The molecule has 4 heteroatoms. The average molecular weight is 430 g/mol. The van der Waals surface area contributed by atoms with Crippen LogP contribution in [-0.4, -0.2) is 23.2 Å². The van der Waals surface area contributed by atoms with Crippen LogP contribution in [0.15, 0.2) is 17.5 Å². The lowest BCUT2D eigenvalue weighted by Gasteiger charge is -2.38. The van der Waals surface area contributed by atoms with Gasteiger partial charge < -0.3 is 10.0 Å². The lowest BCUT2D eigenvalue weighted by atomic mass is 9.78. The molecule has 30 heavy (non-hydrogen) atoms. The maximum atomic E-state index is 13.7. The summed E-state index contributed by atoms with van der Waals surface area (Å²) in [7, 11) is 0. The molecule has 1 N–H and O–H groups in total. The summed E-state index contributed by atoms with van der Waals surface area (Å²) < 4.78 is 0. The van der Waals surface area contributed by atoms with Crippen molar-refractivity contribution >= 4 is 28.5 Å². The highest BCUT2D eigenvalue weighted by atomic mass is 32.1. The molecule has 0 radical (unpaired) electrons. The van der Waals surface area contributed by atoms with Gasteiger partial charge in [-0.2, -0.15) is 0 Å². The van der Waals surface area contributed by atoms with Crippen LogP contribution in [0.25, 0.3) is 5.57 Å². The second kappa shape index (κ2) is 9.16. The second-order valence-electron chi connectivity index (χ2n) is 10.9. The van der Waals surface area contributed by atoms with Gasteiger partial charge in [0.25, 0.3) is 0 Å². The molecule has 0 saturated heterocycles. The summed E-state index contributed by atoms with van der Waals surface area (Å²) in [6.45, 7) is 7.01. The third kappa shape index (κ3) is 5.02. The second-order valence-corrected chi connectivity index (χ2v) is 11.8. The molecule has 0 bridgehead atoms. The fourth-order valence-corrected chi connectivity index (χ4v) is 6.41. The molecule has 3 aliphatic rings. The number of aliphatic hydroxyl groups is 1. The van der Waals surface area contributed by atoms with Crippen molar-refractivity contribution in [2.75, 3.05) is 4.90 Å². The molecule has 0 unspecified atom stereocenters. The molecule has 166 valence electrons. The normalized spacial score (nSPS) is 31.8. The number of rotatable bonds is 4. The Morgan fingerprint density at radius 1 is 1.10 bits per heavy atom. The van der Waals surface area contributed by atoms with Gasteiger partial charge in [-0.3, -0.25) is 4.79 Å². The smallest absolute Gasteiger partial charge is 0.230 e. The highest BCUT2D eigenvalue weighted by Gasteiger charge is 2.35. The Kier molecular flexibility index (Phi) is 6.74. The van der Waals surface area contributed by atoms with Gasteiger partial charge >= 0.3 is 0 Å². The minimum Gasteiger partial charge on any atom is -0.393 e. The molecule has 1 heterocycles. The number of aliphatic hydroxyl groups excluding tert-OH is 1. The number of carbonyl (C=O) groups excluding carboxylic acids is 1. The fourth-order valence-electron chi connectivity index (χ4n) is 5.46. The number of allylic oxidation sites excluding steroid dienone is 2. The molecule has 3 nitrogen and oxygen atoms in total. The number of nitrogens with zero attached hydrogens (tertiary/aromatic N) is 1. The van der Waals surface area contributed by atoms with Crippen LogP contribution < -0.4 is 4.90 Å². The molecule has 0 atom stereocenters. The minimum absolute atomic E-state index is 0.172. The quantitative estimate of drug-likeness (QED) is 0.571. The van der Waals surface area contributed by atoms with Gasteiger partial charge in [0, 0.05) is 22.2 Å². The van der Waals surface area contributed by atoms with Crippen molar-refractivity contribution in [3.05, 3.63) is 22.4 Å². The Hall–Kier alpha value is -1.13. The van der Waals surface area contributed by atoms with E-state index in [1.165, 1.54) is 29.7 Å². The zero-order chi connectivity index (χ0) is 21.3. The zero-order valence-corrected chi connectivity index (χ0v) is 19.8. The highest BCUT2D eigenvalue weighted by molar-refractivity contribution is 7.11. The third-order valence-corrected chi connectivity index (χ3v) is 8.78. The summed E-state index contributed by atoms with van der Waals surface area (Å²) in [6.07, 6.45) is 13.6. The van der Waals surface area contributed by atoms with Crippen LogP contribution in [0.2, 0.25) is 0 Å². The van der Waals surface area contributed by atoms with Gasteiger partial charge in [0.2, 0.25) is 5.91 Å². The highest BCUT2D eigenvalue weighted by Crippen LogP contribution is 2.42. The molecule has 2 fully saturated rings. The van der Waals surface area contributed by atoms with Crippen LogP contribution >= 0.6 is 11.3 Å². The Morgan fingerprint density at radius 2 is 1.80 bits per heavy atom. The van der Waals surface area contributed by atoms with Gasteiger partial charge in [0.15, 0.2) is 0 Å². The lowest BCUT2D eigenvalue weighted by Crippen LogP contribution is -2.46. The average Bonchev–Trinajstić information content (AvgIpc) is 3.19. The molecule has 1 aromatic rings. The molecule has 0 spiro atoms. The maximum Gasteiger partial charge on any atom is 0.230 e. The van der Waals surface area contributed by atoms with Gasteiger partial charge in [0.05, 0.1) is 11.8 Å². The van der Waals surface area contributed by atoms with Gasteiger partial charge in [-0.05, 0) is 93.6 Å². The summed E-state index contributed by atoms with van der Waals surface area (Å²) in [5, 5.41) is 12.2. The summed E-state index contributed by atoms with van der Waals surface area (Å²) in [5.74, 6) is 1.26. The molecule has 0 aromatic carbocycles. The van der Waals surface area contributed by atoms with Gasteiger partial charge in [0.1, 0.15) is 0 Å². The van der Waals surface area contributed by atoms with Gasteiger partial charge in [-0.25, -0.2) is 0 Å². The van der Waals surface area contributed by atoms with Crippen molar-refractivity contribution in [2.45, 2.75) is 104 Å². The molecule has 1 aromatic heterocycles. The predicted molar refractivity (Wildman–Crippen MR) is 127 cm³/mol. The summed E-state index contributed by atoms with van der Waals surface area (Å²) in [4.78, 5) is 17.2. The largest absolute Gasteiger partial charge is 0.393 e. The molecule has 0 aliphatic heterocycles. The fraction of sp³-hybridized carbons (Fsp3) is 0.731. The Bertz CT molecular complexity index is 764. The van der Waals surface area contributed by atoms with E-state index < -0.39 is 0 Å². The zero-order valence-electron chi connectivity index (χ0n) is 19.0. The standard InChI is InChI=1S/C26H39NO2S/c1-18-4-6-20(7-5-18)25(29)27(21-8-10-23(28)11-9-21)22-16-24(30-17-22)19-12-14-26(2,3)15-13-19/h12,16-18,20-21,23,28H,4-11,13-15H2,1-3H3. The monoisotopic (exact) mass is 429 g/mol. The first-order chi connectivity index (χ1) is 14.3. The van der Waals surface area contributed by atoms with Crippen molar-refractivity contribution in [1.82, 2.24) is 0 Å². The Balaban J connectivity index is 1.56. The topological polar surface area (TPSA) is 40.5 Å². The first-order valence-corrected chi connectivity index (χ1v) is 13.0. The van der Waals surface area contributed by atoms with Crippen LogP contribution in [0.4, 0.5) is 5.69 Å². The third-order valence-electron chi connectivity index (χ3n) is 7.79. The summed E-state index contributed by atoms with van der Waals surface area (Å²) >= 11 is 1.80. The molecule has 2 saturated carbocycles. The van der Waals surface area contributed by atoms with E-state index in [1.54, 1.807) is 11.3 Å². The molecule has 1 amide bonds. The number of amides is 1. The van der Waals surface area contributed by atoms with E-state index in [1.807, 2.05) is 0 Å². The Morgan fingerprint density at radius 3 is 2.43 bits per heavy atom. The van der Waals surface area contributed by atoms with Crippen LogP contribution in [0.3, 0.4) is 0 Å². The first kappa shape index (κ1) is 22.1. The lowest BCUT2D eigenvalue weighted by molar-refractivity contribution is -0.124. The van der Waals surface area contributed by atoms with E-state index in [2.05, 4.69) is 43.2 Å². The van der Waals surface area contributed by atoms with Crippen molar-refractivity contribution in [3.63, 3.8) is 0 Å². The van der Waals surface area contributed by atoms with Crippen molar-refractivity contribution < 1.29 is 9.90 Å². The van der Waals surface area contributed by atoms with Gasteiger partial charge in [-0.15, -0.1) is 11.3 Å². The summed E-state index contributed by atoms with van der Waals surface area (Å²) in [6, 6.07) is 2.52. The van der Waals surface area contributed by atoms with E-state index >= 15 is 0 Å². The molecular weight excluding hydrogens is 390 g/mol. The van der Waals surface area contributed by atoms with E-state index in [0.29, 0.717) is 11.3 Å². The minimum atomic E-state index is -0.192. The van der Waals surface area contributed by atoms with Crippen molar-refractivity contribution in [2.24, 2.45) is 17.3 Å². The summed E-state index contributed by atoms with van der Waals surface area (Å²) in [5.41, 5.74) is 2.97. The van der Waals surface area contributed by atoms with Crippen LogP contribution in [0.1, 0.15) is 96.3 Å². The molecular formula is C26H39NO2S. The van der Waals surface area contributed by atoms with E-state index in [9.17, 15) is 9.90 Å². The number of thiophene rings is 1. The molecule has 3 aliphatic carbocycles. The van der Waals surface area contributed by atoms with Crippen LogP contribution in [-0.2, 0) is 4.79 Å². The van der Waals surface area contributed by atoms with Crippen LogP contribution in [0, 0.1) is 17.3 Å². The van der Waals surface area contributed by atoms with E-state index in [-0.39, 0.29) is 18.1 Å².